The van der Waals surface area contributed by atoms with Gasteiger partial charge in [-0.1, -0.05) is 11.3 Å². The van der Waals surface area contributed by atoms with Crippen LogP contribution in [-0.4, -0.2) is 29.1 Å². The fourth-order valence-corrected chi connectivity index (χ4v) is 2.50. The number of nitrogens with one attached hydrogen (secondary N) is 1. The van der Waals surface area contributed by atoms with Crippen molar-refractivity contribution in [2.45, 2.75) is 13.8 Å². The summed E-state index contributed by atoms with van der Waals surface area (Å²) in [6, 6.07) is 5.41. The summed E-state index contributed by atoms with van der Waals surface area (Å²) in [5, 5.41) is 11.9. The van der Waals surface area contributed by atoms with Crippen LogP contribution in [0.4, 0.5) is 5.13 Å². The first-order valence-electron chi connectivity index (χ1n) is 6.09. The molecular formula is C14H14N2O4S. The van der Waals surface area contributed by atoms with Crippen molar-refractivity contribution in [1.29, 1.82) is 0 Å². The Morgan fingerprint density at radius 2 is 2.00 bits per heavy atom. The van der Waals surface area contributed by atoms with Gasteiger partial charge < -0.3 is 9.84 Å². The number of rotatable bonds is 4. The number of carbonyl (C=O) groups is 2. The fraction of sp³-hybridized carbons (Fsp3) is 0.214. The quantitative estimate of drug-likeness (QED) is 0.848. The van der Waals surface area contributed by atoms with Gasteiger partial charge in [0.15, 0.2) is 5.13 Å². The molecule has 0 spiro atoms. The highest BCUT2D eigenvalue weighted by Gasteiger charge is 2.14. The van der Waals surface area contributed by atoms with Crippen LogP contribution in [0.2, 0.25) is 0 Å². The number of benzene rings is 1. The molecule has 0 radical (unpaired) electrons. The van der Waals surface area contributed by atoms with Gasteiger partial charge in [0.1, 0.15) is 5.75 Å². The lowest BCUT2D eigenvalue weighted by atomic mass is 10.1. The van der Waals surface area contributed by atoms with Crippen LogP contribution in [0.15, 0.2) is 29.3 Å². The molecule has 0 unspecified atom stereocenters. The molecular weight excluding hydrogens is 292 g/mol. The first-order chi connectivity index (χ1) is 9.92. The van der Waals surface area contributed by atoms with Gasteiger partial charge in [-0.25, -0.2) is 9.78 Å². The minimum atomic E-state index is -1.11. The topological polar surface area (TPSA) is 88.5 Å². The summed E-state index contributed by atoms with van der Waals surface area (Å²) in [6.45, 7) is 2.86. The molecule has 1 heterocycles. The highest BCUT2D eigenvalue weighted by Crippen LogP contribution is 2.29. The van der Waals surface area contributed by atoms with Crippen molar-refractivity contribution in [3.05, 3.63) is 29.3 Å². The number of amides is 1. The van der Waals surface area contributed by atoms with Gasteiger partial charge in [-0.3, -0.25) is 10.1 Å². The lowest BCUT2D eigenvalue weighted by molar-refractivity contribution is -0.133. The Kier molecular flexibility index (Phi) is 4.23. The van der Waals surface area contributed by atoms with Gasteiger partial charge in [-0.05, 0) is 32.0 Å². The van der Waals surface area contributed by atoms with Crippen LogP contribution in [0.1, 0.15) is 13.8 Å². The Morgan fingerprint density at radius 1 is 1.29 bits per heavy atom. The van der Waals surface area contributed by atoms with Crippen molar-refractivity contribution in [1.82, 2.24) is 4.98 Å². The minimum absolute atomic E-state index is 0.00952. The van der Waals surface area contributed by atoms with Crippen LogP contribution < -0.4 is 10.1 Å². The van der Waals surface area contributed by atoms with E-state index >= 15 is 0 Å². The van der Waals surface area contributed by atoms with Crippen molar-refractivity contribution in [3.8, 4) is 5.75 Å². The molecule has 2 aromatic rings. The number of anilines is 1. The van der Waals surface area contributed by atoms with Crippen LogP contribution in [-0.2, 0) is 9.59 Å². The van der Waals surface area contributed by atoms with Crippen molar-refractivity contribution in [2.75, 3.05) is 12.4 Å². The molecule has 0 aliphatic rings. The van der Waals surface area contributed by atoms with E-state index in [9.17, 15) is 9.59 Å². The molecule has 0 aliphatic heterocycles. The van der Waals surface area contributed by atoms with E-state index in [0.29, 0.717) is 10.9 Å². The lowest BCUT2D eigenvalue weighted by Crippen LogP contribution is -2.16. The summed E-state index contributed by atoms with van der Waals surface area (Å²) in [5.74, 6) is -0.876. The average Bonchev–Trinajstić information content (AvgIpc) is 2.86. The third-order valence-electron chi connectivity index (χ3n) is 3.04. The molecule has 6 nitrogen and oxygen atoms in total. The molecule has 0 fully saturated rings. The zero-order valence-corrected chi connectivity index (χ0v) is 12.6. The summed E-state index contributed by atoms with van der Waals surface area (Å²) in [5.41, 5.74) is 0.905. The standard InChI is InChI=1S/C14H14N2O4S/c1-7(8(2)13(18)19)12(17)16-14-15-10-5-4-9(20-3)6-11(10)21-14/h4-6H,1-3H3,(H,18,19)(H,15,16,17). The zero-order valence-electron chi connectivity index (χ0n) is 11.8. The summed E-state index contributed by atoms with van der Waals surface area (Å²) in [6.07, 6.45) is 0. The van der Waals surface area contributed by atoms with Crippen LogP contribution in [0, 0.1) is 0 Å². The van der Waals surface area contributed by atoms with E-state index in [0.717, 1.165) is 10.2 Å². The highest BCUT2D eigenvalue weighted by molar-refractivity contribution is 7.22. The van der Waals surface area contributed by atoms with E-state index in [1.807, 2.05) is 6.07 Å². The largest absolute Gasteiger partial charge is 0.497 e. The van der Waals surface area contributed by atoms with Gasteiger partial charge in [0.2, 0.25) is 0 Å². The number of nitrogens with zero attached hydrogens (tertiary/aromatic N) is 1. The van der Waals surface area contributed by atoms with Gasteiger partial charge in [0, 0.05) is 11.1 Å². The Bertz CT molecular complexity index is 749. The number of ether oxygens (including phenoxy) is 1. The number of carbonyl (C=O) groups excluding carboxylic acids is 1. The number of thiazole rings is 1. The van der Waals surface area contributed by atoms with Gasteiger partial charge in [-0.2, -0.15) is 0 Å². The molecule has 0 saturated heterocycles. The smallest absolute Gasteiger partial charge is 0.331 e. The monoisotopic (exact) mass is 306 g/mol. The average molecular weight is 306 g/mol. The second-order valence-electron chi connectivity index (χ2n) is 4.36. The Labute approximate surface area is 125 Å². The second-order valence-corrected chi connectivity index (χ2v) is 5.39. The van der Waals surface area contributed by atoms with Gasteiger partial charge in [0.05, 0.1) is 17.3 Å². The molecule has 0 bridgehead atoms. The van der Waals surface area contributed by atoms with Gasteiger partial charge in [0.25, 0.3) is 5.91 Å². The number of fused-ring (bicyclic) bond motifs is 1. The van der Waals surface area contributed by atoms with Crippen molar-refractivity contribution < 1.29 is 19.4 Å². The van der Waals surface area contributed by atoms with Crippen molar-refractivity contribution in [3.63, 3.8) is 0 Å². The Hall–Kier alpha value is -2.41. The second kappa shape index (κ2) is 5.92. The third kappa shape index (κ3) is 3.19. The number of carboxylic acids is 1. The normalized spacial score (nSPS) is 12.0. The van der Waals surface area contributed by atoms with Crippen molar-refractivity contribution >= 4 is 38.6 Å². The number of carboxylic acid groups (broad SMARTS) is 1. The number of methoxy groups -OCH3 is 1. The maximum atomic E-state index is 12.0. The Morgan fingerprint density at radius 3 is 2.62 bits per heavy atom. The van der Waals surface area contributed by atoms with E-state index in [-0.39, 0.29) is 11.1 Å². The van der Waals surface area contributed by atoms with Crippen molar-refractivity contribution in [2.24, 2.45) is 0 Å². The maximum absolute atomic E-state index is 12.0. The lowest BCUT2D eigenvalue weighted by Gasteiger charge is -2.03. The van der Waals surface area contributed by atoms with E-state index in [1.54, 1.807) is 19.2 Å². The molecule has 1 aromatic heterocycles. The molecule has 2 rings (SSSR count). The highest BCUT2D eigenvalue weighted by atomic mass is 32.1. The van der Waals surface area contributed by atoms with Crippen LogP contribution in [0.3, 0.4) is 0 Å². The Balaban J connectivity index is 2.26. The van der Waals surface area contributed by atoms with E-state index < -0.39 is 11.9 Å². The first-order valence-corrected chi connectivity index (χ1v) is 6.90. The predicted molar refractivity (Wildman–Crippen MR) is 80.8 cm³/mol. The number of hydrogen-bond acceptors (Lipinski definition) is 5. The van der Waals surface area contributed by atoms with Crippen LogP contribution >= 0.6 is 11.3 Å². The summed E-state index contributed by atoms with van der Waals surface area (Å²) < 4.78 is 6.00. The number of aromatic nitrogens is 1. The minimum Gasteiger partial charge on any atom is -0.497 e. The summed E-state index contributed by atoms with van der Waals surface area (Å²) in [4.78, 5) is 27.1. The fourth-order valence-electron chi connectivity index (χ4n) is 1.61. The third-order valence-corrected chi connectivity index (χ3v) is 3.97. The predicted octanol–water partition coefficient (Wildman–Crippen LogP) is 2.66. The molecule has 1 aromatic carbocycles. The molecule has 0 aliphatic carbocycles. The molecule has 0 saturated carbocycles. The van der Waals surface area contributed by atoms with E-state index in [4.69, 9.17) is 9.84 Å². The summed E-state index contributed by atoms with van der Waals surface area (Å²) in [7, 11) is 1.58. The molecule has 0 atom stereocenters. The zero-order chi connectivity index (χ0) is 15.6. The number of hydrogen-bond donors (Lipinski definition) is 2. The molecule has 110 valence electrons. The van der Waals surface area contributed by atoms with Crippen LogP contribution in [0.5, 0.6) is 5.75 Å². The maximum Gasteiger partial charge on any atom is 0.331 e. The molecule has 21 heavy (non-hydrogen) atoms. The molecule has 2 N–H and O–H groups in total. The van der Waals surface area contributed by atoms with Gasteiger partial charge >= 0.3 is 5.97 Å². The van der Waals surface area contributed by atoms with E-state index in [1.165, 1.54) is 25.2 Å². The molecule has 7 heteroatoms. The SMILES string of the molecule is COc1ccc2nc(NC(=O)C(C)=C(C)C(=O)O)sc2c1. The summed E-state index contributed by atoms with van der Waals surface area (Å²) >= 11 is 1.30. The number of aliphatic carboxylic acids is 1. The molecule has 1 amide bonds. The van der Waals surface area contributed by atoms with Crippen LogP contribution in [0.25, 0.3) is 10.2 Å². The van der Waals surface area contributed by atoms with E-state index in [2.05, 4.69) is 10.3 Å². The first kappa shape index (κ1) is 15.0. The van der Waals surface area contributed by atoms with Gasteiger partial charge in [-0.15, -0.1) is 0 Å².